The normalized spacial score (nSPS) is 24.0. The van der Waals surface area contributed by atoms with E-state index in [1.54, 1.807) is 0 Å². The molecular formula is C15H26BrN3S. The van der Waals surface area contributed by atoms with Gasteiger partial charge >= 0.3 is 0 Å². The quantitative estimate of drug-likeness (QED) is 0.874. The molecule has 20 heavy (non-hydrogen) atoms. The SMILES string of the molecule is CCC(N)C(c1ccc(Br)s1)N(C)C1CCCN(C)C1. The summed E-state index contributed by atoms with van der Waals surface area (Å²) in [4.78, 5) is 6.33. The lowest BCUT2D eigenvalue weighted by Crippen LogP contribution is -2.49. The Morgan fingerprint density at radius 2 is 2.30 bits per heavy atom. The highest BCUT2D eigenvalue weighted by Crippen LogP contribution is 2.34. The number of hydrogen-bond acceptors (Lipinski definition) is 4. The fraction of sp³-hybridized carbons (Fsp3) is 0.733. The number of nitrogens with zero attached hydrogens (tertiary/aromatic N) is 2. The molecule has 2 N–H and O–H groups in total. The first kappa shape index (κ1) is 16.4. The topological polar surface area (TPSA) is 32.5 Å². The molecule has 0 amide bonds. The van der Waals surface area contributed by atoms with Crippen molar-refractivity contribution in [1.82, 2.24) is 9.80 Å². The number of hydrogen-bond donors (Lipinski definition) is 1. The van der Waals surface area contributed by atoms with Crippen LogP contribution in [0.5, 0.6) is 0 Å². The second-order valence-electron chi connectivity index (χ2n) is 5.88. The predicted molar refractivity (Wildman–Crippen MR) is 91.3 cm³/mol. The Morgan fingerprint density at radius 1 is 1.55 bits per heavy atom. The van der Waals surface area contributed by atoms with E-state index in [0.29, 0.717) is 12.1 Å². The lowest BCUT2D eigenvalue weighted by molar-refractivity contribution is 0.0875. The van der Waals surface area contributed by atoms with Gasteiger partial charge in [-0.1, -0.05) is 6.92 Å². The Balaban J connectivity index is 2.17. The van der Waals surface area contributed by atoms with Crippen LogP contribution in [0.3, 0.4) is 0 Å². The summed E-state index contributed by atoms with van der Waals surface area (Å²) in [7, 11) is 4.47. The molecule has 1 aliphatic heterocycles. The minimum absolute atomic E-state index is 0.192. The summed E-state index contributed by atoms with van der Waals surface area (Å²) in [5.74, 6) is 0. The van der Waals surface area contributed by atoms with E-state index in [-0.39, 0.29) is 6.04 Å². The molecule has 1 aliphatic rings. The Hall–Kier alpha value is 0.0600. The molecule has 2 rings (SSSR count). The van der Waals surface area contributed by atoms with Crippen molar-refractivity contribution in [3.05, 3.63) is 20.8 Å². The third kappa shape index (κ3) is 3.83. The molecule has 0 bridgehead atoms. The second-order valence-corrected chi connectivity index (χ2v) is 8.38. The lowest BCUT2D eigenvalue weighted by Gasteiger charge is -2.41. The Labute approximate surface area is 135 Å². The number of halogens is 1. The van der Waals surface area contributed by atoms with E-state index in [1.807, 2.05) is 11.3 Å². The van der Waals surface area contributed by atoms with Gasteiger partial charge in [0.25, 0.3) is 0 Å². The van der Waals surface area contributed by atoms with E-state index in [4.69, 9.17) is 5.73 Å². The molecular weight excluding hydrogens is 334 g/mol. The number of nitrogens with two attached hydrogens (primary N) is 1. The maximum absolute atomic E-state index is 6.44. The highest BCUT2D eigenvalue weighted by molar-refractivity contribution is 9.11. The predicted octanol–water partition coefficient (Wildman–Crippen LogP) is 3.32. The lowest BCUT2D eigenvalue weighted by atomic mass is 9.98. The zero-order chi connectivity index (χ0) is 14.7. The van der Waals surface area contributed by atoms with E-state index < -0.39 is 0 Å². The van der Waals surface area contributed by atoms with Crippen molar-refractivity contribution in [3.8, 4) is 0 Å². The van der Waals surface area contributed by atoms with Crippen molar-refractivity contribution >= 4 is 27.3 Å². The van der Waals surface area contributed by atoms with Gasteiger partial charge < -0.3 is 10.6 Å². The third-order valence-corrected chi connectivity index (χ3v) is 6.07. The molecule has 3 atom stereocenters. The monoisotopic (exact) mass is 359 g/mol. The Morgan fingerprint density at radius 3 is 2.85 bits per heavy atom. The summed E-state index contributed by atoms with van der Waals surface area (Å²) >= 11 is 5.39. The molecule has 1 fully saturated rings. The average Bonchev–Trinajstić information content (AvgIpc) is 2.85. The van der Waals surface area contributed by atoms with Crippen LogP contribution < -0.4 is 5.73 Å². The van der Waals surface area contributed by atoms with Gasteiger partial charge in [-0.3, -0.25) is 4.90 Å². The van der Waals surface area contributed by atoms with Crippen molar-refractivity contribution in [1.29, 1.82) is 0 Å². The standard InChI is InChI=1S/C15H26BrN3S/c1-4-12(17)15(13-7-8-14(16)20-13)19(3)11-6-5-9-18(2)10-11/h7-8,11-12,15H,4-6,9-10,17H2,1-3H3. The van der Waals surface area contributed by atoms with Crippen molar-refractivity contribution in [2.75, 3.05) is 27.2 Å². The van der Waals surface area contributed by atoms with Crippen molar-refractivity contribution in [2.24, 2.45) is 5.73 Å². The summed E-state index contributed by atoms with van der Waals surface area (Å²) in [5, 5.41) is 0. The molecule has 0 radical (unpaired) electrons. The van der Waals surface area contributed by atoms with E-state index in [0.717, 1.165) is 13.0 Å². The minimum Gasteiger partial charge on any atom is -0.326 e. The summed E-state index contributed by atoms with van der Waals surface area (Å²) in [6, 6.07) is 5.48. The Kier molecular flexibility index (Phi) is 6.05. The number of rotatable bonds is 5. The fourth-order valence-electron chi connectivity index (χ4n) is 3.12. The third-order valence-electron chi connectivity index (χ3n) is 4.38. The van der Waals surface area contributed by atoms with Crippen LogP contribution in [0.25, 0.3) is 0 Å². The van der Waals surface area contributed by atoms with E-state index >= 15 is 0 Å². The largest absolute Gasteiger partial charge is 0.326 e. The molecule has 0 aliphatic carbocycles. The zero-order valence-corrected chi connectivity index (χ0v) is 15.1. The molecule has 1 aromatic heterocycles. The van der Waals surface area contributed by atoms with Crippen molar-refractivity contribution in [3.63, 3.8) is 0 Å². The van der Waals surface area contributed by atoms with Crippen molar-refractivity contribution < 1.29 is 0 Å². The van der Waals surface area contributed by atoms with Gasteiger partial charge in [-0.25, -0.2) is 0 Å². The van der Waals surface area contributed by atoms with E-state index in [1.165, 1.54) is 28.0 Å². The zero-order valence-electron chi connectivity index (χ0n) is 12.7. The Bertz CT molecular complexity index is 423. The summed E-state index contributed by atoms with van der Waals surface area (Å²) in [6.07, 6.45) is 3.57. The maximum atomic E-state index is 6.44. The average molecular weight is 360 g/mol. The molecule has 1 saturated heterocycles. The van der Waals surface area contributed by atoms with Crippen LogP contribution in [0.15, 0.2) is 15.9 Å². The van der Waals surface area contributed by atoms with Gasteiger partial charge in [0.15, 0.2) is 0 Å². The molecule has 5 heteroatoms. The summed E-state index contributed by atoms with van der Waals surface area (Å²) < 4.78 is 1.19. The van der Waals surface area contributed by atoms with Gasteiger partial charge in [-0.05, 0) is 68.0 Å². The minimum atomic E-state index is 0.192. The van der Waals surface area contributed by atoms with E-state index in [2.05, 4.69) is 58.9 Å². The van der Waals surface area contributed by atoms with Crippen LogP contribution in [-0.2, 0) is 0 Å². The fourth-order valence-corrected chi connectivity index (χ4v) is 4.77. The van der Waals surface area contributed by atoms with E-state index in [9.17, 15) is 0 Å². The van der Waals surface area contributed by atoms with Crippen LogP contribution in [0.2, 0.25) is 0 Å². The molecule has 2 heterocycles. The molecule has 0 saturated carbocycles. The highest BCUT2D eigenvalue weighted by Gasteiger charge is 2.31. The van der Waals surface area contributed by atoms with Crippen LogP contribution in [0.4, 0.5) is 0 Å². The van der Waals surface area contributed by atoms with Gasteiger partial charge in [0, 0.05) is 23.5 Å². The summed E-state index contributed by atoms with van der Waals surface area (Å²) in [6.45, 7) is 4.55. The number of thiophene rings is 1. The molecule has 0 spiro atoms. The van der Waals surface area contributed by atoms with Gasteiger partial charge in [-0.15, -0.1) is 11.3 Å². The molecule has 1 aromatic rings. The highest BCUT2D eigenvalue weighted by atomic mass is 79.9. The number of likely N-dealkylation sites (tertiary alicyclic amines) is 1. The molecule has 3 nitrogen and oxygen atoms in total. The second kappa shape index (κ2) is 7.36. The number of piperidine rings is 1. The first-order valence-electron chi connectivity index (χ1n) is 7.44. The maximum Gasteiger partial charge on any atom is 0.0702 e. The van der Waals surface area contributed by atoms with Crippen LogP contribution in [0.1, 0.15) is 37.1 Å². The van der Waals surface area contributed by atoms with Crippen LogP contribution in [0, 0.1) is 0 Å². The summed E-state index contributed by atoms with van der Waals surface area (Å²) in [5.41, 5.74) is 6.44. The molecule has 114 valence electrons. The van der Waals surface area contributed by atoms with Gasteiger partial charge in [0.1, 0.15) is 0 Å². The first-order chi connectivity index (χ1) is 9.52. The first-order valence-corrected chi connectivity index (χ1v) is 9.05. The van der Waals surface area contributed by atoms with Gasteiger partial charge in [0.2, 0.25) is 0 Å². The van der Waals surface area contributed by atoms with Gasteiger partial charge in [0.05, 0.1) is 9.83 Å². The van der Waals surface area contributed by atoms with Crippen LogP contribution in [-0.4, -0.2) is 49.1 Å². The molecule has 3 unspecified atom stereocenters. The van der Waals surface area contributed by atoms with Gasteiger partial charge in [-0.2, -0.15) is 0 Å². The number of likely N-dealkylation sites (N-methyl/N-ethyl adjacent to an activating group) is 2. The van der Waals surface area contributed by atoms with Crippen molar-refractivity contribution in [2.45, 2.75) is 44.3 Å². The van der Waals surface area contributed by atoms with Crippen LogP contribution >= 0.6 is 27.3 Å². The smallest absolute Gasteiger partial charge is 0.0702 e. The molecule has 0 aromatic carbocycles.